The third-order valence-electron chi connectivity index (χ3n) is 12.9. The van der Waals surface area contributed by atoms with E-state index >= 15 is 4.39 Å². The van der Waals surface area contributed by atoms with Gasteiger partial charge in [0, 0.05) is 67.5 Å². The number of nitrogens with zero attached hydrogens (tertiary/aromatic N) is 4. The van der Waals surface area contributed by atoms with Crippen molar-refractivity contribution in [1.29, 1.82) is 0 Å². The zero-order valence-electron chi connectivity index (χ0n) is 34.1. The topological polar surface area (TPSA) is 115 Å². The highest BCUT2D eigenvalue weighted by Crippen LogP contribution is 2.51. The fourth-order valence-corrected chi connectivity index (χ4v) is 11.2. The smallest absolute Gasteiger partial charge is 0.407 e. The third-order valence-corrected chi connectivity index (χ3v) is 14.7. The molecule has 4 fully saturated rings. The Morgan fingerprint density at radius 2 is 1.64 bits per heavy atom. The Labute approximate surface area is 343 Å². The number of amides is 2. The highest BCUT2D eigenvalue weighted by molar-refractivity contribution is 7.91. The minimum Gasteiger partial charge on any atom is -0.453 e. The molecular formula is C45H59FN6O5S. The molecule has 0 spiro atoms. The first-order valence-electron chi connectivity index (χ1n) is 20.8. The number of hydrogen-bond donors (Lipinski definition) is 2. The summed E-state index contributed by atoms with van der Waals surface area (Å²) in [6.45, 7) is 8.37. The first kappa shape index (κ1) is 41.8. The minimum absolute atomic E-state index is 0.0172. The molecule has 58 heavy (non-hydrogen) atoms. The molecule has 3 saturated heterocycles. The number of likely N-dealkylation sites (N-methyl/N-ethyl adjacent to an activating group) is 1. The van der Waals surface area contributed by atoms with Gasteiger partial charge in [-0.2, -0.15) is 0 Å². The van der Waals surface area contributed by atoms with Gasteiger partial charge in [-0.3, -0.25) is 4.79 Å². The van der Waals surface area contributed by atoms with Gasteiger partial charge in [0.1, 0.15) is 5.82 Å². The zero-order chi connectivity index (χ0) is 40.9. The molecule has 0 radical (unpaired) electrons. The Hall–Kier alpha value is -4.30. The lowest BCUT2D eigenvalue weighted by molar-refractivity contribution is -0.111. The van der Waals surface area contributed by atoms with Crippen LogP contribution in [0.2, 0.25) is 0 Å². The second-order valence-electron chi connectivity index (χ2n) is 17.0. The first-order valence-corrected chi connectivity index (χ1v) is 22.3. The van der Waals surface area contributed by atoms with Gasteiger partial charge in [0.25, 0.3) is 0 Å². The summed E-state index contributed by atoms with van der Waals surface area (Å²) in [5.74, 6) is 0.516. The van der Waals surface area contributed by atoms with Crippen molar-refractivity contribution in [2.45, 2.75) is 59.8 Å². The molecule has 2 amide bonds. The zero-order valence-corrected chi connectivity index (χ0v) is 34.9. The number of carbonyl (C=O) groups is 2. The molecule has 3 aliphatic heterocycles. The number of rotatable bonds is 15. The summed E-state index contributed by atoms with van der Waals surface area (Å²) in [6.07, 6.45) is 8.92. The maximum atomic E-state index is 15.0. The Bertz CT molecular complexity index is 2030. The number of methoxy groups -OCH3 is 1. The number of anilines is 2. The van der Waals surface area contributed by atoms with Crippen LogP contribution in [-0.4, -0.2) is 121 Å². The number of sulfone groups is 1. The summed E-state index contributed by atoms with van der Waals surface area (Å²) in [5, 5.41) is 5.93. The van der Waals surface area contributed by atoms with E-state index in [0.717, 1.165) is 95.7 Å². The predicted octanol–water partition coefficient (Wildman–Crippen LogP) is 6.03. The van der Waals surface area contributed by atoms with Crippen LogP contribution < -0.4 is 15.5 Å². The molecule has 1 aliphatic carbocycles. The largest absolute Gasteiger partial charge is 0.453 e. The van der Waals surface area contributed by atoms with Crippen molar-refractivity contribution in [3.05, 3.63) is 96.3 Å². The van der Waals surface area contributed by atoms with Gasteiger partial charge in [-0.1, -0.05) is 30.7 Å². The number of halogens is 1. The van der Waals surface area contributed by atoms with Gasteiger partial charge in [0.15, 0.2) is 0 Å². The number of likely N-dealkylation sites (tertiary alicyclic amines) is 2. The van der Waals surface area contributed by atoms with Crippen molar-refractivity contribution in [3.8, 4) is 0 Å². The standard InChI is InChI=1S/C45H59FN6O5S/c1-49(2)22-7-15-43(53)47-37-11-5-12-40(28-37)58(55,56)39-18-16-38(17-19-39)52-30-33(31-52)29-50-25-20-34(21-26-50)45(32-51-23-8-24-51,35-9-4-10-36(46)27-35)41-13-6-14-42(41)48-44(54)57-3/h4-5,7,9-12,15-19,27-28,33-34,41-42H,6,8,13-14,20-26,29-32H2,1-3H3,(H,47,53)(H,48,54)/b15-7+/t41-,42-,45-/m0/s1. The number of hydrogen-bond acceptors (Lipinski definition) is 9. The molecule has 7 rings (SSSR count). The van der Waals surface area contributed by atoms with E-state index in [-0.39, 0.29) is 38.9 Å². The van der Waals surface area contributed by atoms with Crippen LogP contribution in [0.4, 0.5) is 20.6 Å². The number of carbonyl (C=O) groups excluding carboxylic acids is 2. The van der Waals surface area contributed by atoms with Crippen LogP contribution in [-0.2, 0) is 24.8 Å². The molecule has 13 heteroatoms. The number of benzene rings is 3. The van der Waals surface area contributed by atoms with Crippen LogP contribution in [0.15, 0.2) is 94.7 Å². The quantitative estimate of drug-likeness (QED) is 0.178. The molecule has 3 atom stereocenters. The molecule has 3 heterocycles. The highest BCUT2D eigenvalue weighted by atomic mass is 32.2. The lowest BCUT2D eigenvalue weighted by atomic mass is 9.57. The van der Waals surface area contributed by atoms with Gasteiger partial charge in [0.2, 0.25) is 15.7 Å². The maximum absolute atomic E-state index is 15.0. The lowest BCUT2D eigenvalue weighted by Gasteiger charge is -2.54. The molecule has 3 aromatic carbocycles. The van der Waals surface area contributed by atoms with Crippen LogP contribution in [0.25, 0.3) is 0 Å². The summed E-state index contributed by atoms with van der Waals surface area (Å²) in [5.41, 5.74) is 2.19. The molecule has 0 unspecified atom stereocenters. The van der Waals surface area contributed by atoms with Gasteiger partial charge < -0.3 is 35.0 Å². The van der Waals surface area contributed by atoms with Crippen LogP contribution in [0.3, 0.4) is 0 Å². The fourth-order valence-electron chi connectivity index (χ4n) is 9.90. The van der Waals surface area contributed by atoms with Crippen molar-refractivity contribution in [2.75, 3.05) is 90.3 Å². The van der Waals surface area contributed by atoms with Crippen LogP contribution >= 0.6 is 0 Å². The first-order chi connectivity index (χ1) is 27.9. The second kappa shape index (κ2) is 18.3. The monoisotopic (exact) mass is 814 g/mol. The number of ether oxygens (including phenoxy) is 1. The summed E-state index contributed by atoms with van der Waals surface area (Å²) in [4.78, 5) is 34.5. The van der Waals surface area contributed by atoms with E-state index in [4.69, 9.17) is 4.74 Å². The number of piperidine rings is 1. The van der Waals surface area contributed by atoms with Gasteiger partial charge >= 0.3 is 6.09 Å². The fraction of sp³-hybridized carbons (Fsp3) is 0.511. The second-order valence-corrected chi connectivity index (χ2v) is 18.9. The highest BCUT2D eigenvalue weighted by Gasteiger charge is 2.53. The predicted molar refractivity (Wildman–Crippen MR) is 225 cm³/mol. The van der Waals surface area contributed by atoms with E-state index in [1.807, 2.05) is 37.2 Å². The van der Waals surface area contributed by atoms with Crippen molar-refractivity contribution in [2.24, 2.45) is 17.8 Å². The van der Waals surface area contributed by atoms with E-state index in [0.29, 0.717) is 24.1 Å². The number of nitrogens with one attached hydrogen (secondary N) is 2. The molecule has 0 aromatic heterocycles. The summed E-state index contributed by atoms with van der Waals surface area (Å²) < 4.78 is 47.2. The third kappa shape index (κ3) is 9.43. The van der Waals surface area contributed by atoms with Crippen molar-refractivity contribution < 1.29 is 27.1 Å². The van der Waals surface area contributed by atoms with Crippen LogP contribution in [0.5, 0.6) is 0 Å². The molecule has 1 saturated carbocycles. The molecule has 3 aromatic rings. The molecule has 0 bridgehead atoms. The van der Waals surface area contributed by atoms with E-state index in [1.165, 1.54) is 31.7 Å². The molecule has 2 N–H and O–H groups in total. The van der Waals surface area contributed by atoms with Crippen molar-refractivity contribution >= 4 is 33.2 Å². The van der Waals surface area contributed by atoms with Crippen LogP contribution in [0.1, 0.15) is 44.1 Å². The summed E-state index contributed by atoms with van der Waals surface area (Å²) >= 11 is 0. The number of alkyl carbamates (subject to hydrolysis) is 1. The molecule has 312 valence electrons. The summed E-state index contributed by atoms with van der Waals surface area (Å²) in [6, 6.07) is 20.7. The van der Waals surface area contributed by atoms with Gasteiger partial charge in [-0.05, 0) is 144 Å². The van der Waals surface area contributed by atoms with E-state index in [1.54, 1.807) is 42.5 Å². The minimum atomic E-state index is -3.79. The van der Waals surface area contributed by atoms with E-state index in [2.05, 4.69) is 31.4 Å². The van der Waals surface area contributed by atoms with Crippen molar-refractivity contribution in [3.63, 3.8) is 0 Å². The van der Waals surface area contributed by atoms with Gasteiger partial charge in [0.05, 0.1) is 16.9 Å². The lowest BCUT2D eigenvalue weighted by Crippen LogP contribution is -2.60. The van der Waals surface area contributed by atoms with Crippen LogP contribution in [0, 0.1) is 23.6 Å². The Kier molecular flexibility index (Phi) is 13.2. The maximum Gasteiger partial charge on any atom is 0.407 e. The normalized spacial score (nSPS) is 22.1. The van der Waals surface area contributed by atoms with E-state index < -0.39 is 15.9 Å². The SMILES string of the molecule is COC(=O)N[C@H]1CCC[C@@H]1[C@](CN1CCC1)(c1cccc(F)c1)C1CCN(CC2CN(c3ccc(S(=O)(=O)c4cccc(NC(=O)/C=C/CN(C)C)c4)cc3)C2)CC1. The molecule has 4 aliphatic rings. The average molecular weight is 815 g/mol. The Morgan fingerprint density at radius 3 is 2.31 bits per heavy atom. The molecule has 11 nitrogen and oxygen atoms in total. The Morgan fingerprint density at radius 1 is 0.897 bits per heavy atom. The van der Waals surface area contributed by atoms with E-state index in [9.17, 15) is 18.0 Å². The van der Waals surface area contributed by atoms with Crippen molar-refractivity contribution in [1.82, 2.24) is 20.0 Å². The molecular weight excluding hydrogens is 756 g/mol. The van der Waals surface area contributed by atoms with Gasteiger partial charge in [-0.25, -0.2) is 17.6 Å². The summed E-state index contributed by atoms with van der Waals surface area (Å²) in [7, 11) is 1.45. The average Bonchev–Trinajstić information content (AvgIpc) is 3.64. The van der Waals surface area contributed by atoms with Gasteiger partial charge in [-0.15, -0.1) is 0 Å². The Balaban J connectivity index is 0.964.